The molecule has 0 saturated carbocycles. The van der Waals surface area contributed by atoms with Crippen LogP contribution in [0, 0.1) is 0 Å². The highest BCUT2D eigenvalue weighted by molar-refractivity contribution is 5.73. The monoisotopic (exact) mass is 703 g/mol. The maximum atomic E-state index is 11.9. The standard InChI is InChI=1S/C24H37N3O21/c25-27-26-1-2-41-22-12(35)15(9(32)17(47-22)19(37)38)46-23-11(34)14(6(29)4-43-23)44-24-13(36)16(10(33)18(48-24)20(39)40)45-21-8(31)7(30)5(28)3-42-21/h5-18,21-24,28-36H,1-4H2,(H,37,38)(H,39,40)/t5-,6-,7?,8?,9+,10+,11?,12?,13?,14?,15?,16?,17?,18?,21-,22-,23-,24-/m1/s1. The molecule has 18 atom stereocenters. The number of carbonyl (C=O) groups is 2. The number of hydrogen-bond acceptors (Lipinski definition) is 20. The van der Waals surface area contributed by atoms with Crippen molar-refractivity contribution in [2.24, 2.45) is 5.11 Å². The summed E-state index contributed by atoms with van der Waals surface area (Å²) in [5.74, 6) is -3.47. The summed E-state index contributed by atoms with van der Waals surface area (Å²) in [6.07, 6.45) is -34.8. The Morgan fingerprint density at radius 1 is 0.625 bits per heavy atom. The van der Waals surface area contributed by atoms with Crippen LogP contribution >= 0.6 is 0 Å². The third-order valence-electron chi connectivity index (χ3n) is 7.86. The zero-order valence-corrected chi connectivity index (χ0v) is 24.6. The third-order valence-corrected chi connectivity index (χ3v) is 7.86. The van der Waals surface area contributed by atoms with Gasteiger partial charge >= 0.3 is 11.9 Å². The van der Waals surface area contributed by atoms with Gasteiger partial charge in [-0.15, -0.1) is 0 Å². The van der Waals surface area contributed by atoms with Gasteiger partial charge in [0.2, 0.25) is 0 Å². The number of carboxylic acid groups (broad SMARTS) is 2. The summed E-state index contributed by atoms with van der Waals surface area (Å²) < 4.78 is 42.2. The molecule has 11 N–H and O–H groups in total. The lowest BCUT2D eigenvalue weighted by Gasteiger charge is -2.47. The molecule has 0 aliphatic carbocycles. The van der Waals surface area contributed by atoms with Crippen LogP contribution in [-0.4, -0.2) is 205 Å². The van der Waals surface area contributed by atoms with E-state index in [-0.39, 0.29) is 13.2 Å². The first-order valence-corrected chi connectivity index (χ1v) is 14.4. The molecule has 0 radical (unpaired) electrons. The summed E-state index contributed by atoms with van der Waals surface area (Å²) in [7, 11) is 0. The van der Waals surface area contributed by atoms with Gasteiger partial charge in [-0.25, -0.2) is 9.59 Å². The maximum absolute atomic E-state index is 11.9. The molecule has 0 spiro atoms. The molecular formula is C24H37N3O21. The molecule has 4 saturated heterocycles. The first-order chi connectivity index (χ1) is 22.7. The summed E-state index contributed by atoms with van der Waals surface area (Å²) in [6, 6.07) is 0. The van der Waals surface area contributed by atoms with E-state index in [1.807, 2.05) is 0 Å². The highest BCUT2D eigenvalue weighted by Gasteiger charge is 2.55. The molecule has 0 bridgehead atoms. The van der Waals surface area contributed by atoms with Gasteiger partial charge < -0.3 is 94.1 Å². The molecule has 0 aromatic rings. The second-order valence-corrected chi connectivity index (χ2v) is 11.1. The number of rotatable bonds is 12. The molecule has 4 aliphatic heterocycles. The molecule has 274 valence electrons. The number of aliphatic hydroxyl groups is 9. The zero-order valence-electron chi connectivity index (χ0n) is 24.6. The fourth-order valence-electron chi connectivity index (χ4n) is 5.33. The fraction of sp³-hybridized carbons (Fsp3) is 0.917. The molecule has 0 aromatic heterocycles. The predicted octanol–water partition coefficient (Wildman–Crippen LogP) is -6.95. The van der Waals surface area contributed by atoms with E-state index >= 15 is 0 Å². The summed E-state index contributed by atoms with van der Waals surface area (Å²) in [6.45, 7) is -1.82. The molecule has 4 fully saturated rings. The van der Waals surface area contributed by atoms with E-state index in [1.165, 1.54) is 0 Å². The quantitative estimate of drug-likeness (QED) is 0.0389. The van der Waals surface area contributed by atoms with Crippen LogP contribution in [-0.2, 0) is 47.5 Å². The van der Waals surface area contributed by atoms with Crippen LogP contribution in [0.15, 0.2) is 5.11 Å². The summed E-state index contributed by atoms with van der Waals surface area (Å²) in [5, 5.41) is 117. The van der Waals surface area contributed by atoms with Gasteiger partial charge in [0.15, 0.2) is 37.4 Å². The van der Waals surface area contributed by atoms with E-state index in [4.69, 9.17) is 43.4 Å². The van der Waals surface area contributed by atoms with Crippen molar-refractivity contribution in [3.05, 3.63) is 10.4 Å². The topological polar surface area (TPSA) is 379 Å². The van der Waals surface area contributed by atoms with Gasteiger partial charge in [0.1, 0.15) is 73.2 Å². The second kappa shape index (κ2) is 16.5. The van der Waals surface area contributed by atoms with Gasteiger partial charge in [-0.05, 0) is 5.53 Å². The van der Waals surface area contributed by atoms with Gasteiger partial charge in [-0.3, -0.25) is 0 Å². The number of hydrogen-bond donors (Lipinski definition) is 11. The normalized spacial score (nSPS) is 46.8. The van der Waals surface area contributed by atoms with E-state index in [1.54, 1.807) is 0 Å². The average Bonchev–Trinajstić information content (AvgIpc) is 3.03. The zero-order chi connectivity index (χ0) is 35.4. The van der Waals surface area contributed by atoms with E-state index < -0.39 is 136 Å². The number of ether oxygens (including phenoxy) is 8. The number of aliphatic hydroxyl groups excluding tert-OH is 9. The summed E-state index contributed by atoms with van der Waals surface area (Å²) >= 11 is 0. The summed E-state index contributed by atoms with van der Waals surface area (Å²) in [4.78, 5) is 26.1. The molecule has 24 heteroatoms. The molecule has 0 aromatic carbocycles. The minimum Gasteiger partial charge on any atom is -0.479 e. The lowest BCUT2D eigenvalue weighted by Crippen LogP contribution is -2.66. The van der Waals surface area contributed by atoms with Crippen molar-refractivity contribution in [2.45, 2.75) is 111 Å². The first-order valence-electron chi connectivity index (χ1n) is 14.4. The van der Waals surface area contributed by atoms with Crippen LogP contribution in [0.5, 0.6) is 0 Å². The molecule has 0 amide bonds. The molecule has 24 nitrogen and oxygen atoms in total. The Balaban J connectivity index is 1.49. The second-order valence-electron chi connectivity index (χ2n) is 11.1. The number of azide groups is 1. The number of nitrogens with zero attached hydrogens (tertiary/aromatic N) is 3. The van der Waals surface area contributed by atoms with E-state index in [2.05, 4.69) is 10.0 Å². The van der Waals surface area contributed by atoms with Crippen molar-refractivity contribution in [1.82, 2.24) is 0 Å². The van der Waals surface area contributed by atoms with Crippen molar-refractivity contribution in [3.8, 4) is 0 Å². The average molecular weight is 704 g/mol. The van der Waals surface area contributed by atoms with Gasteiger partial charge in [-0.2, -0.15) is 0 Å². The van der Waals surface area contributed by atoms with E-state index in [9.17, 15) is 65.8 Å². The minimum absolute atomic E-state index is 0.240. The Morgan fingerprint density at radius 3 is 1.62 bits per heavy atom. The SMILES string of the molecule is [N-]=[N+]=NCCO[C@@H]1OC(C(=O)O)[C@@H](O)C(O[C@H]2OC[C@@H](O)C(O[C@@H]3OC(C(=O)O)[C@@H](O)C(O[C@H]4OC[C@@H](O)C(O)C4O)C3O)C2O)C1O. The van der Waals surface area contributed by atoms with Crippen LogP contribution in [0.1, 0.15) is 0 Å². The van der Waals surface area contributed by atoms with Crippen LogP contribution < -0.4 is 0 Å². The summed E-state index contributed by atoms with van der Waals surface area (Å²) in [5.41, 5.74) is 8.40. The molecule has 48 heavy (non-hydrogen) atoms. The molecular weight excluding hydrogens is 666 g/mol. The lowest BCUT2D eigenvalue weighted by molar-refractivity contribution is -0.375. The molecule has 4 heterocycles. The smallest absolute Gasteiger partial charge is 0.335 e. The Hall–Kier alpha value is -2.43. The Labute approximate surface area is 268 Å². The van der Waals surface area contributed by atoms with Crippen molar-refractivity contribution in [2.75, 3.05) is 26.4 Å². The Bertz CT molecular complexity index is 1150. The van der Waals surface area contributed by atoms with Gasteiger partial charge in [0.05, 0.1) is 19.8 Å². The fourth-order valence-corrected chi connectivity index (χ4v) is 5.33. The van der Waals surface area contributed by atoms with Crippen LogP contribution in [0.4, 0.5) is 0 Å². The highest BCUT2D eigenvalue weighted by Crippen LogP contribution is 2.33. The van der Waals surface area contributed by atoms with Crippen molar-refractivity contribution in [1.29, 1.82) is 0 Å². The van der Waals surface area contributed by atoms with Gasteiger partial charge in [0.25, 0.3) is 0 Å². The van der Waals surface area contributed by atoms with E-state index in [0.717, 1.165) is 0 Å². The number of aliphatic carboxylic acids is 2. The Morgan fingerprint density at radius 2 is 1.08 bits per heavy atom. The molecule has 4 rings (SSSR count). The van der Waals surface area contributed by atoms with E-state index in [0.29, 0.717) is 0 Å². The van der Waals surface area contributed by atoms with Gasteiger partial charge in [0, 0.05) is 11.5 Å². The van der Waals surface area contributed by atoms with Crippen LogP contribution in [0.25, 0.3) is 10.4 Å². The molecule has 10 unspecified atom stereocenters. The lowest BCUT2D eigenvalue weighted by atomic mass is 9.97. The highest BCUT2D eigenvalue weighted by atomic mass is 16.8. The predicted molar refractivity (Wildman–Crippen MR) is 141 cm³/mol. The van der Waals surface area contributed by atoms with Crippen LogP contribution in [0.2, 0.25) is 0 Å². The minimum atomic E-state index is -2.17. The maximum Gasteiger partial charge on any atom is 0.335 e. The third kappa shape index (κ3) is 8.29. The Kier molecular flexibility index (Phi) is 13.2. The van der Waals surface area contributed by atoms with Crippen LogP contribution in [0.3, 0.4) is 0 Å². The number of carboxylic acids is 2. The largest absolute Gasteiger partial charge is 0.479 e. The van der Waals surface area contributed by atoms with Crippen molar-refractivity contribution >= 4 is 11.9 Å². The van der Waals surface area contributed by atoms with Crippen molar-refractivity contribution in [3.63, 3.8) is 0 Å². The first kappa shape index (κ1) is 38.4. The van der Waals surface area contributed by atoms with Crippen molar-refractivity contribution < 1.29 is 104 Å². The van der Waals surface area contributed by atoms with Gasteiger partial charge in [-0.1, -0.05) is 5.11 Å². The molecule has 4 aliphatic rings.